The SMILES string of the molecule is C=NCC1(c2ccc(Cl)cc2F)C(CC(C)(C)C)NC(C(=O)Nc2ccc(C(=O)OC(C)OC(=O)N3CCOCC3)cc2OC)C1c1cccc(Cl)c1F. The molecular formula is C39H44Cl2F2N4O7. The highest BCUT2D eigenvalue weighted by Crippen LogP contribution is 2.53. The van der Waals surface area contributed by atoms with E-state index in [9.17, 15) is 14.4 Å². The van der Waals surface area contributed by atoms with E-state index >= 15 is 8.78 Å². The highest BCUT2D eigenvalue weighted by Gasteiger charge is 2.60. The lowest BCUT2D eigenvalue weighted by atomic mass is 9.61. The number of carbonyl (C=O) groups is 3. The summed E-state index contributed by atoms with van der Waals surface area (Å²) in [6.07, 6.45) is -1.41. The van der Waals surface area contributed by atoms with Gasteiger partial charge in [-0.1, -0.05) is 62.2 Å². The van der Waals surface area contributed by atoms with E-state index in [1.807, 2.05) is 20.8 Å². The van der Waals surface area contributed by atoms with Crippen molar-refractivity contribution in [2.24, 2.45) is 10.4 Å². The summed E-state index contributed by atoms with van der Waals surface area (Å²) in [5, 5.41) is 6.29. The quantitative estimate of drug-likeness (QED) is 0.117. The number of nitrogens with one attached hydrogen (secondary N) is 2. The molecule has 5 atom stereocenters. The molecule has 0 aromatic heterocycles. The molecule has 2 N–H and O–H groups in total. The summed E-state index contributed by atoms with van der Waals surface area (Å²) >= 11 is 12.5. The van der Waals surface area contributed by atoms with Crippen LogP contribution in [0.3, 0.4) is 0 Å². The highest BCUT2D eigenvalue weighted by molar-refractivity contribution is 6.31. The van der Waals surface area contributed by atoms with Gasteiger partial charge in [-0.3, -0.25) is 9.79 Å². The highest BCUT2D eigenvalue weighted by atomic mass is 35.5. The van der Waals surface area contributed by atoms with Gasteiger partial charge in [-0.05, 0) is 66.1 Å². The first-order valence-corrected chi connectivity index (χ1v) is 18.2. The number of aliphatic imine (C=N–C) groups is 1. The second-order valence-electron chi connectivity index (χ2n) is 14.5. The minimum atomic E-state index is -1.35. The van der Waals surface area contributed by atoms with Gasteiger partial charge in [0.2, 0.25) is 12.2 Å². The standard InChI is InChI=1S/C39H44Cl2F2N4O7/c1-22(54-37(50)47-14-16-52-17-15-47)53-36(49)23-10-13-29(30(18-23)51-6)45-35(48)34-32(25-8-7-9-27(41)33(25)43)39(21-44-5,31(46-34)20-38(2,3)4)26-12-11-24(40)19-28(26)42/h7-13,18-19,22,31-32,34,46H,5,14-17,20-21H2,1-4,6H3,(H,45,48). The molecule has 290 valence electrons. The molecule has 54 heavy (non-hydrogen) atoms. The van der Waals surface area contributed by atoms with Crippen molar-refractivity contribution in [1.29, 1.82) is 0 Å². The molecular weight excluding hydrogens is 745 g/mol. The summed E-state index contributed by atoms with van der Waals surface area (Å²) < 4.78 is 53.8. The van der Waals surface area contributed by atoms with Gasteiger partial charge in [-0.25, -0.2) is 18.4 Å². The molecule has 2 saturated heterocycles. The van der Waals surface area contributed by atoms with Crippen LogP contribution in [0.5, 0.6) is 5.75 Å². The number of anilines is 1. The van der Waals surface area contributed by atoms with Crippen molar-refractivity contribution < 1.29 is 42.1 Å². The van der Waals surface area contributed by atoms with Crippen LogP contribution in [0.25, 0.3) is 0 Å². The molecule has 5 rings (SSSR count). The normalized spacial score (nSPS) is 21.9. The minimum Gasteiger partial charge on any atom is -0.495 e. The molecule has 15 heteroatoms. The molecule has 2 aliphatic rings. The van der Waals surface area contributed by atoms with Gasteiger partial charge in [0.25, 0.3) is 0 Å². The average Bonchev–Trinajstić information content (AvgIpc) is 3.42. The Labute approximate surface area is 323 Å². The third kappa shape index (κ3) is 8.80. The zero-order chi connectivity index (χ0) is 39.4. The molecule has 2 aliphatic heterocycles. The Morgan fingerprint density at radius 1 is 1.09 bits per heavy atom. The smallest absolute Gasteiger partial charge is 0.413 e. The van der Waals surface area contributed by atoms with Gasteiger partial charge in [0.15, 0.2) is 0 Å². The fourth-order valence-electron chi connectivity index (χ4n) is 7.31. The monoisotopic (exact) mass is 788 g/mol. The topological polar surface area (TPSA) is 128 Å². The Bertz CT molecular complexity index is 1890. The molecule has 2 fully saturated rings. The number of esters is 1. The van der Waals surface area contributed by atoms with Crippen molar-refractivity contribution in [3.05, 3.63) is 93.0 Å². The number of ether oxygens (including phenoxy) is 4. The predicted octanol–water partition coefficient (Wildman–Crippen LogP) is 7.39. The van der Waals surface area contributed by atoms with E-state index in [2.05, 4.69) is 22.3 Å². The second kappa shape index (κ2) is 17.0. The Kier molecular flexibility index (Phi) is 12.9. The van der Waals surface area contributed by atoms with Crippen molar-refractivity contribution in [1.82, 2.24) is 10.2 Å². The summed E-state index contributed by atoms with van der Waals surface area (Å²) in [5.41, 5.74) is -1.19. The molecule has 0 aliphatic carbocycles. The Morgan fingerprint density at radius 2 is 1.81 bits per heavy atom. The van der Waals surface area contributed by atoms with Crippen molar-refractivity contribution in [3.63, 3.8) is 0 Å². The van der Waals surface area contributed by atoms with E-state index < -0.39 is 59.3 Å². The number of amides is 2. The largest absolute Gasteiger partial charge is 0.495 e. The van der Waals surface area contributed by atoms with Crippen LogP contribution in [0.15, 0.2) is 59.6 Å². The fraction of sp³-hybridized carbons (Fsp3) is 0.436. The van der Waals surface area contributed by atoms with E-state index in [1.54, 1.807) is 18.2 Å². The lowest BCUT2D eigenvalue weighted by molar-refractivity contribution is -0.118. The fourth-order valence-corrected chi connectivity index (χ4v) is 7.65. The maximum absolute atomic E-state index is 16.2. The maximum Gasteiger partial charge on any atom is 0.413 e. The number of morpholine rings is 1. The van der Waals surface area contributed by atoms with E-state index in [-0.39, 0.29) is 50.1 Å². The van der Waals surface area contributed by atoms with E-state index in [4.69, 9.17) is 42.1 Å². The van der Waals surface area contributed by atoms with Crippen molar-refractivity contribution in [3.8, 4) is 5.75 Å². The van der Waals surface area contributed by atoms with Gasteiger partial charge < -0.3 is 34.5 Å². The van der Waals surface area contributed by atoms with Gasteiger partial charge in [-0.2, -0.15) is 0 Å². The van der Waals surface area contributed by atoms with Gasteiger partial charge in [-0.15, -0.1) is 0 Å². The first kappa shape index (κ1) is 40.9. The third-order valence-electron chi connectivity index (χ3n) is 9.62. The Hall–Kier alpha value is -4.30. The van der Waals surface area contributed by atoms with Crippen molar-refractivity contribution in [2.45, 2.75) is 63.8 Å². The van der Waals surface area contributed by atoms with Crippen LogP contribution in [0.2, 0.25) is 10.0 Å². The number of hydrogen-bond acceptors (Lipinski definition) is 9. The molecule has 5 unspecified atom stereocenters. The zero-order valence-corrected chi connectivity index (χ0v) is 32.2. The first-order chi connectivity index (χ1) is 25.6. The van der Waals surface area contributed by atoms with Crippen LogP contribution >= 0.6 is 23.2 Å². The molecule has 2 amide bonds. The van der Waals surface area contributed by atoms with Crippen LogP contribution in [-0.4, -0.2) is 87.9 Å². The van der Waals surface area contributed by atoms with Crippen LogP contribution in [0, 0.1) is 17.0 Å². The number of halogens is 4. The lowest BCUT2D eigenvalue weighted by Gasteiger charge is -2.42. The molecule has 0 spiro atoms. The lowest BCUT2D eigenvalue weighted by Crippen LogP contribution is -2.48. The number of rotatable bonds is 11. The zero-order valence-electron chi connectivity index (χ0n) is 30.7. The predicted molar refractivity (Wildman–Crippen MR) is 202 cm³/mol. The van der Waals surface area contributed by atoms with Crippen LogP contribution in [0.4, 0.5) is 19.3 Å². The Balaban J connectivity index is 1.49. The molecule has 11 nitrogen and oxygen atoms in total. The van der Waals surface area contributed by atoms with E-state index in [0.717, 1.165) is 0 Å². The maximum atomic E-state index is 16.2. The molecule has 3 aromatic rings. The van der Waals surface area contributed by atoms with Crippen LogP contribution in [-0.2, 0) is 24.4 Å². The van der Waals surface area contributed by atoms with Crippen LogP contribution < -0.4 is 15.4 Å². The molecule has 0 radical (unpaired) electrons. The van der Waals surface area contributed by atoms with Gasteiger partial charge in [0, 0.05) is 42.4 Å². The number of hydrogen-bond donors (Lipinski definition) is 2. The van der Waals surface area contributed by atoms with Crippen molar-refractivity contribution in [2.75, 3.05) is 45.3 Å². The first-order valence-electron chi connectivity index (χ1n) is 17.4. The number of methoxy groups -OCH3 is 1. The van der Waals surface area contributed by atoms with Gasteiger partial charge in [0.05, 0.1) is 49.2 Å². The average molecular weight is 790 g/mol. The summed E-state index contributed by atoms with van der Waals surface area (Å²) in [7, 11) is 1.36. The van der Waals surface area contributed by atoms with Gasteiger partial charge >= 0.3 is 12.1 Å². The third-order valence-corrected chi connectivity index (χ3v) is 10.1. The molecule has 2 heterocycles. The molecule has 3 aromatic carbocycles. The summed E-state index contributed by atoms with van der Waals surface area (Å²) in [4.78, 5) is 45.7. The number of benzene rings is 3. The summed E-state index contributed by atoms with van der Waals surface area (Å²) in [6.45, 7) is 12.6. The Morgan fingerprint density at radius 3 is 2.46 bits per heavy atom. The number of nitrogens with zero attached hydrogens (tertiary/aromatic N) is 2. The van der Waals surface area contributed by atoms with E-state index in [1.165, 1.54) is 55.3 Å². The summed E-state index contributed by atoms with van der Waals surface area (Å²) in [6, 6.07) is 11.2. The number of carbonyl (C=O) groups excluding carboxylic acids is 3. The molecule has 0 saturated carbocycles. The van der Waals surface area contributed by atoms with Crippen molar-refractivity contribution >= 4 is 53.6 Å². The molecule has 0 bridgehead atoms. The summed E-state index contributed by atoms with van der Waals surface area (Å²) in [5.74, 6) is -3.77. The van der Waals surface area contributed by atoms with E-state index in [0.29, 0.717) is 32.7 Å². The van der Waals surface area contributed by atoms with Gasteiger partial charge in [0.1, 0.15) is 17.4 Å². The van der Waals surface area contributed by atoms with Crippen LogP contribution in [0.1, 0.15) is 61.5 Å². The second-order valence-corrected chi connectivity index (χ2v) is 15.3. The minimum absolute atomic E-state index is 0.0523.